The number of rotatable bonds is 3. The van der Waals surface area contributed by atoms with E-state index in [2.05, 4.69) is 234 Å². The minimum atomic E-state index is -0.696. The SMILES string of the molecule is CC(C)(C)c1cc2c(O)c(c1)C(c1ccccc1)c1cc(C(C)(C)C)cc(c1O)Cc1cc(C(C)(C)C)cc(c1O)C(c1ccccc1)c1cc(C(C)(C)C)cc(c1O)Cc1cc(C(C)(C)C)cc(c1O)C(c1ccccc1)c1cc(C(C)(C)C)cc(c1O)C2. The Hall–Kier alpha value is -8.22. The van der Waals surface area contributed by atoms with Crippen molar-refractivity contribution < 1.29 is 30.6 Å². The van der Waals surface area contributed by atoms with Crippen LogP contribution in [-0.4, -0.2) is 30.6 Å². The van der Waals surface area contributed by atoms with Crippen LogP contribution < -0.4 is 0 Å². The first-order valence-corrected chi connectivity index (χ1v) is 32.2. The maximum absolute atomic E-state index is 13.4. The molecule has 0 radical (unpaired) electrons. The third kappa shape index (κ3) is 12.9. The molecule has 6 heteroatoms. The predicted octanol–water partition coefficient (Wildman–Crippen LogP) is 20.3. The first kappa shape index (κ1) is 64.8. The van der Waals surface area contributed by atoms with Gasteiger partial charge in [0.25, 0.3) is 0 Å². The third-order valence-corrected chi connectivity index (χ3v) is 18.9. The summed E-state index contributed by atoms with van der Waals surface area (Å²) in [4.78, 5) is 0. The summed E-state index contributed by atoms with van der Waals surface area (Å²) in [6, 6.07) is 55.3. The van der Waals surface area contributed by atoms with Crippen LogP contribution in [0.3, 0.4) is 0 Å². The molecule has 0 saturated heterocycles. The molecule has 90 heavy (non-hydrogen) atoms. The fourth-order valence-corrected chi connectivity index (χ4v) is 13.2. The minimum Gasteiger partial charge on any atom is -0.507 e. The van der Waals surface area contributed by atoms with Gasteiger partial charge in [0, 0.05) is 70.4 Å². The van der Waals surface area contributed by atoms with E-state index >= 15 is 0 Å². The van der Waals surface area contributed by atoms with Gasteiger partial charge in [-0.1, -0.05) is 288 Å². The number of hydrogen-bond acceptors (Lipinski definition) is 6. The first-order chi connectivity index (χ1) is 41.9. The lowest BCUT2D eigenvalue weighted by Crippen LogP contribution is -2.18. The van der Waals surface area contributed by atoms with Gasteiger partial charge >= 0.3 is 0 Å². The van der Waals surface area contributed by atoms with Gasteiger partial charge in [0.15, 0.2) is 0 Å². The Balaban J connectivity index is 1.41. The van der Waals surface area contributed by atoms with Crippen molar-refractivity contribution in [3.05, 3.63) is 281 Å². The molecule has 6 nitrogen and oxygen atoms in total. The lowest BCUT2D eigenvalue weighted by molar-refractivity contribution is 0.445. The van der Waals surface area contributed by atoms with E-state index in [1.165, 1.54) is 0 Å². The van der Waals surface area contributed by atoms with Gasteiger partial charge in [-0.25, -0.2) is 0 Å². The molecule has 0 fully saturated rings. The minimum absolute atomic E-state index is 0.0588. The number of hydrogen-bond donors (Lipinski definition) is 6. The summed E-state index contributed by atoms with van der Waals surface area (Å²) < 4.78 is 0. The van der Waals surface area contributed by atoms with Crippen molar-refractivity contribution in [1.29, 1.82) is 0 Å². The van der Waals surface area contributed by atoms with Gasteiger partial charge in [-0.15, -0.1) is 0 Å². The predicted molar refractivity (Wildman–Crippen MR) is 371 cm³/mol. The van der Waals surface area contributed by atoms with E-state index in [1.54, 1.807) is 0 Å². The fourth-order valence-electron chi connectivity index (χ4n) is 13.2. The molecule has 12 bridgehead atoms. The Kier molecular flexibility index (Phi) is 16.9. The number of aromatic hydroxyl groups is 6. The normalized spacial score (nSPS) is 16.1. The van der Waals surface area contributed by atoms with Gasteiger partial charge in [0.05, 0.1) is 0 Å². The van der Waals surface area contributed by atoms with Crippen molar-refractivity contribution in [3.8, 4) is 34.5 Å². The monoisotopic (exact) mass is 1200 g/mol. The smallest absolute Gasteiger partial charge is 0.123 e. The van der Waals surface area contributed by atoms with Gasteiger partial charge in [-0.3, -0.25) is 0 Å². The Morgan fingerprint density at radius 2 is 0.367 bits per heavy atom. The van der Waals surface area contributed by atoms with Crippen LogP contribution in [0.25, 0.3) is 0 Å². The zero-order valence-corrected chi connectivity index (χ0v) is 56.6. The molecule has 9 aromatic carbocycles. The molecule has 0 unspecified atom stereocenters. The molecule has 0 atom stereocenters. The van der Waals surface area contributed by atoms with Crippen LogP contribution in [0.2, 0.25) is 0 Å². The molecule has 10 rings (SSSR count). The summed E-state index contributed by atoms with van der Waals surface area (Å²) in [6.07, 6.45) is 0.442. The number of phenols is 6. The number of phenolic OH excluding ortho intramolecular Hbond substituents is 6. The fraction of sp³-hybridized carbons (Fsp3) is 0.357. The van der Waals surface area contributed by atoms with E-state index in [0.29, 0.717) is 66.8 Å². The summed E-state index contributed by atoms with van der Waals surface area (Å²) in [6.45, 7) is 39.0. The van der Waals surface area contributed by atoms with Crippen LogP contribution in [0.15, 0.2) is 164 Å². The molecule has 6 N–H and O–H groups in total. The van der Waals surface area contributed by atoms with E-state index in [9.17, 15) is 30.6 Å². The molecule has 0 heterocycles. The number of benzene rings is 9. The van der Waals surface area contributed by atoms with Crippen LogP contribution in [0.1, 0.15) is 259 Å². The molecule has 0 aromatic heterocycles. The summed E-state index contributed by atoms with van der Waals surface area (Å²) in [5.41, 5.74) is 13.3. The Morgan fingerprint density at radius 3 is 0.500 bits per heavy atom. The van der Waals surface area contributed by atoms with Crippen LogP contribution >= 0.6 is 0 Å². The van der Waals surface area contributed by atoms with Crippen molar-refractivity contribution in [1.82, 2.24) is 0 Å². The molecule has 0 saturated carbocycles. The Bertz CT molecular complexity index is 3510. The lowest BCUT2D eigenvalue weighted by atomic mass is 9.74. The molecule has 1 aliphatic carbocycles. The zero-order valence-electron chi connectivity index (χ0n) is 56.6. The summed E-state index contributed by atoms with van der Waals surface area (Å²) in [5, 5.41) is 80.7. The maximum atomic E-state index is 13.4. The van der Waals surface area contributed by atoms with Gasteiger partial charge in [0.2, 0.25) is 0 Å². The second-order valence-corrected chi connectivity index (χ2v) is 32.0. The molecule has 0 aliphatic heterocycles. The van der Waals surface area contributed by atoms with Crippen LogP contribution in [0.5, 0.6) is 34.5 Å². The maximum Gasteiger partial charge on any atom is 0.123 e. The Morgan fingerprint density at radius 1 is 0.222 bits per heavy atom. The molecular weight excluding hydrogens is 1100 g/mol. The third-order valence-electron chi connectivity index (χ3n) is 18.9. The number of fused-ring (bicyclic) bond motifs is 12. The highest BCUT2D eigenvalue weighted by Crippen LogP contribution is 2.53. The second kappa shape index (κ2) is 23.5. The van der Waals surface area contributed by atoms with Crippen LogP contribution in [0, 0.1) is 0 Å². The zero-order chi connectivity index (χ0) is 65.5. The van der Waals surface area contributed by atoms with Crippen LogP contribution in [-0.2, 0) is 51.8 Å². The average Bonchev–Trinajstić information content (AvgIpc) is 0.769. The van der Waals surface area contributed by atoms with Crippen molar-refractivity contribution in [2.24, 2.45) is 0 Å². The molecular formula is C84H96O6. The lowest BCUT2D eigenvalue weighted by Gasteiger charge is -2.31. The summed E-state index contributed by atoms with van der Waals surface area (Å²) in [7, 11) is 0. The summed E-state index contributed by atoms with van der Waals surface area (Å²) in [5.74, 6) is -1.73. The molecule has 468 valence electrons. The highest BCUT2D eigenvalue weighted by atomic mass is 16.3. The van der Waals surface area contributed by atoms with E-state index < -0.39 is 50.2 Å². The highest BCUT2D eigenvalue weighted by molar-refractivity contribution is 5.66. The van der Waals surface area contributed by atoms with Crippen molar-refractivity contribution >= 4 is 0 Å². The second-order valence-electron chi connectivity index (χ2n) is 32.0. The molecule has 9 aromatic rings. The van der Waals surface area contributed by atoms with Gasteiger partial charge in [0.1, 0.15) is 34.5 Å². The average molecular weight is 1200 g/mol. The van der Waals surface area contributed by atoms with E-state index in [0.717, 1.165) is 50.1 Å². The first-order valence-electron chi connectivity index (χ1n) is 32.2. The van der Waals surface area contributed by atoms with Crippen molar-refractivity contribution in [3.63, 3.8) is 0 Å². The quantitative estimate of drug-likeness (QED) is 0.105. The van der Waals surface area contributed by atoms with Crippen LogP contribution in [0.4, 0.5) is 0 Å². The van der Waals surface area contributed by atoms with E-state index in [1.807, 2.05) is 54.6 Å². The van der Waals surface area contributed by atoms with E-state index in [4.69, 9.17) is 0 Å². The van der Waals surface area contributed by atoms with Crippen molar-refractivity contribution in [2.45, 2.75) is 194 Å². The molecule has 0 amide bonds. The molecule has 1 aliphatic rings. The standard InChI is InChI=1S/C84H96O6/c1-79(2,3)58-37-52-34-53-38-59(80(4,5)6)45-66(74(53)86)71(50-30-24-20-25-31-50)67-46-62(83(13,14)15)41-56(77(67)89)36-57-42-63(84(16,17)18)48-69(78(57)90)72(51-32-26-21-27-33-51)68-47-61(82(10,11)12)40-55(76(68)88)35-54-39-60(81(7,8)9)44-65(75(54)87)70(64(43-58)73(52)85)49-28-22-19-23-29-49/h19-33,37-48,70-72,85-90H,34-36H2,1-18H3. The summed E-state index contributed by atoms with van der Waals surface area (Å²) >= 11 is 0. The Labute approximate surface area is 537 Å². The van der Waals surface area contributed by atoms with Gasteiger partial charge < -0.3 is 30.6 Å². The van der Waals surface area contributed by atoms with Crippen molar-refractivity contribution in [2.75, 3.05) is 0 Å². The highest BCUT2D eigenvalue weighted by Gasteiger charge is 2.36. The molecule has 0 spiro atoms. The van der Waals surface area contributed by atoms with E-state index in [-0.39, 0.29) is 53.8 Å². The van der Waals surface area contributed by atoms with Gasteiger partial charge in [-0.2, -0.15) is 0 Å². The largest absolute Gasteiger partial charge is 0.507 e. The van der Waals surface area contributed by atoms with Gasteiger partial charge in [-0.05, 0) is 116 Å². The topological polar surface area (TPSA) is 121 Å².